The summed E-state index contributed by atoms with van der Waals surface area (Å²) in [7, 11) is -6.61. The second kappa shape index (κ2) is 13.1. The van der Waals surface area contributed by atoms with Gasteiger partial charge < -0.3 is 24.1 Å². The van der Waals surface area contributed by atoms with Crippen LogP contribution in [-0.4, -0.2) is 83.1 Å². The molecule has 2 saturated carbocycles. The summed E-state index contributed by atoms with van der Waals surface area (Å²) in [5.41, 5.74) is -1.09. The van der Waals surface area contributed by atoms with E-state index in [1.807, 2.05) is 0 Å². The Hall–Kier alpha value is -3.75. The van der Waals surface area contributed by atoms with Gasteiger partial charge in [-0.2, -0.15) is 0 Å². The van der Waals surface area contributed by atoms with Crippen molar-refractivity contribution in [3.63, 3.8) is 0 Å². The maximum Gasteiger partial charge on any atom is 0.374 e. The molecule has 2 aromatic rings. The van der Waals surface area contributed by atoms with Gasteiger partial charge in [0.05, 0.1) is 34.2 Å². The van der Waals surface area contributed by atoms with Crippen LogP contribution in [0.5, 0.6) is 0 Å². The molecule has 0 spiro atoms. The van der Waals surface area contributed by atoms with E-state index in [0.29, 0.717) is 35.1 Å². The number of benzene rings is 2. The van der Waals surface area contributed by atoms with Crippen LogP contribution in [0, 0.1) is 5.41 Å². The van der Waals surface area contributed by atoms with Gasteiger partial charge in [-0.3, -0.25) is 0 Å². The summed E-state index contributed by atoms with van der Waals surface area (Å²) in [4.78, 5) is 24.8. The molecule has 0 amide bonds. The van der Waals surface area contributed by atoms with E-state index in [2.05, 4.69) is 0 Å². The van der Waals surface area contributed by atoms with Crippen LogP contribution in [0.2, 0.25) is 0 Å². The SMILES string of the molecule is CC1(C)OC(=O)C(OCC2(CO)CC2)=C1c1ccc(S(C)(=O)=O)cc1.CC1(C)OC(=O)C(OCC2(F)CCC2)=C1c1ccc(S(C)(=O)=O)cc1. The maximum atomic E-state index is 14.2. The number of alkyl halides is 1. The predicted octanol–water partition coefficient (Wildman–Crippen LogP) is 4.97. The Morgan fingerprint density at radius 2 is 1.06 bits per heavy atom. The molecule has 4 aliphatic rings. The molecule has 6 rings (SSSR count). The summed E-state index contributed by atoms with van der Waals surface area (Å²) >= 11 is 0. The summed E-state index contributed by atoms with van der Waals surface area (Å²) in [6, 6.07) is 12.5. The highest BCUT2D eigenvalue weighted by molar-refractivity contribution is 7.91. The zero-order chi connectivity index (χ0) is 36.9. The minimum atomic E-state index is -3.32. The van der Waals surface area contributed by atoms with Gasteiger partial charge in [0.1, 0.15) is 23.5 Å². The number of esters is 2. The number of carbonyl (C=O) groups is 2. The van der Waals surface area contributed by atoms with Crippen molar-refractivity contribution in [3.05, 3.63) is 71.2 Å². The molecule has 2 aromatic carbocycles. The number of cyclic esters (lactones) is 2. The van der Waals surface area contributed by atoms with Crippen LogP contribution in [-0.2, 0) is 48.2 Å². The Bertz CT molecular complexity index is 1820. The number of carbonyl (C=O) groups excluding carboxylic acids is 2. The van der Waals surface area contributed by atoms with Crippen molar-refractivity contribution in [1.82, 2.24) is 0 Å². The third kappa shape index (κ3) is 7.92. The topological polar surface area (TPSA) is 160 Å². The monoisotopic (exact) mass is 734 g/mol. The van der Waals surface area contributed by atoms with Gasteiger partial charge in [-0.15, -0.1) is 0 Å². The quantitative estimate of drug-likeness (QED) is 0.311. The molecular formula is C36H43FO11S2. The summed E-state index contributed by atoms with van der Waals surface area (Å²) in [6.45, 7) is 7.07. The van der Waals surface area contributed by atoms with Gasteiger partial charge in [-0.1, -0.05) is 24.3 Å². The lowest BCUT2D eigenvalue weighted by molar-refractivity contribution is -0.148. The Morgan fingerprint density at radius 3 is 1.36 bits per heavy atom. The van der Waals surface area contributed by atoms with Crippen molar-refractivity contribution in [3.8, 4) is 0 Å². The lowest BCUT2D eigenvalue weighted by atomic mass is 9.83. The molecule has 1 N–H and O–H groups in total. The molecule has 0 unspecified atom stereocenters. The van der Waals surface area contributed by atoms with Crippen LogP contribution in [0.4, 0.5) is 4.39 Å². The molecule has 272 valence electrons. The molecule has 0 radical (unpaired) electrons. The Morgan fingerprint density at radius 1 is 0.680 bits per heavy atom. The smallest absolute Gasteiger partial charge is 0.374 e. The zero-order valence-corrected chi connectivity index (χ0v) is 30.6. The van der Waals surface area contributed by atoms with Crippen LogP contribution in [0.15, 0.2) is 69.8 Å². The molecule has 2 aliphatic heterocycles. The first kappa shape index (κ1) is 37.5. The minimum Gasteiger partial charge on any atom is -0.486 e. The average Bonchev–Trinajstić information content (AvgIpc) is 3.69. The lowest BCUT2D eigenvalue weighted by Gasteiger charge is -2.33. The van der Waals surface area contributed by atoms with Crippen molar-refractivity contribution in [1.29, 1.82) is 0 Å². The van der Waals surface area contributed by atoms with Crippen LogP contribution >= 0.6 is 0 Å². The Kier molecular flexibility index (Phi) is 9.82. The number of aliphatic hydroxyl groups excluding tert-OH is 1. The van der Waals surface area contributed by atoms with Crippen LogP contribution < -0.4 is 0 Å². The number of hydrogen-bond acceptors (Lipinski definition) is 11. The summed E-state index contributed by atoms with van der Waals surface area (Å²) in [5.74, 6) is -1.03. The fraction of sp³-hybridized carbons (Fsp3) is 0.500. The van der Waals surface area contributed by atoms with E-state index in [1.165, 1.54) is 24.3 Å². The first-order chi connectivity index (χ1) is 23.1. The van der Waals surface area contributed by atoms with Gasteiger partial charge >= 0.3 is 11.9 Å². The van der Waals surface area contributed by atoms with Gasteiger partial charge in [0, 0.05) is 17.9 Å². The highest BCUT2D eigenvalue weighted by Gasteiger charge is 2.48. The van der Waals surface area contributed by atoms with Crippen LogP contribution in [0.1, 0.15) is 70.9 Å². The fourth-order valence-electron chi connectivity index (χ4n) is 6.02. The average molecular weight is 735 g/mol. The van der Waals surface area contributed by atoms with Crippen LogP contribution in [0.25, 0.3) is 11.1 Å². The summed E-state index contributed by atoms with van der Waals surface area (Å²) < 4.78 is 82.8. The van der Waals surface area contributed by atoms with Crippen LogP contribution in [0.3, 0.4) is 0 Å². The maximum absolute atomic E-state index is 14.2. The number of rotatable bonds is 11. The van der Waals surface area contributed by atoms with Crippen molar-refractivity contribution >= 4 is 42.8 Å². The van der Waals surface area contributed by atoms with E-state index in [-0.39, 0.29) is 46.5 Å². The number of sulfone groups is 2. The molecule has 11 nitrogen and oxygen atoms in total. The molecule has 2 heterocycles. The largest absolute Gasteiger partial charge is 0.486 e. The van der Waals surface area contributed by atoms with E-state index < -0.39 is 48.5 Å². The predicted molar refractivity (Wildman–Crippen MR) is 182 cm³/mol. The van der Waals surface area contributed by atoms with E-state index in [4.69, 9.17) is 18.9 Å². The summed E-state index contributed by atoms with van der Waals surface area (Å²) in [6.07, 6.45) is 5.68. The van der Waals surface area contributed by atoms with Crippen molar-refractivity contribution in [2.24, 2.45) is 5.41 Å². The second-order valence-electron chi connectivity index (χ2n) is 14.5. The van der Waals surface area contributed by atoms with Crippen molar-refractivity contribution in [2.75, 3.05) is 32.3 Å². The standard InChI is InChI=1S/C18H21FO5S.C18H22O6S/c1-17(2)14(12-5-7-13(8-6-12)25(3,21)22)15(16(20)24-17)23-11-18(19)9-4-10-18;1-17(2)14(12-4-6-13(7-5-12)25(3,21)22)15(16(20)24-17)23-11-18(10-19)8-9-18/h5-8H,4,9-11H2,1-3H3;4-7,19H,8-11H2,1-3H3. The first-order valence-electron chi connectivity index (χ1n) is 16.2. The van der Waals surface area contributed by atoms with Gasteiger partial charge in [-0.25, -0.2) is 30.8 Å². The fourth-order valence-corrected chi connectivity index (χ4v) is 7.28. The minimum absolute atomic E-state index is 0.000954. The molecular weight excluding hydrogens is 692 g/mol. The number of aliphatic hydroxyl groups is 1. The molecule has 2 aliphatic carbocycles. The van der Waals surface area contributed by atoms with E-state index in [0.717, 1.165) is 31.8 Å². The van der Waals surface area contributed by atoms with E-state index in [9.17, 15) is 35.9 Å². The Balaban J connectivity index is 0.000000194. The molecule has 0 saturated heterocycles. The Labute approximate surface area is 292 Å². The van der Waals surface area contributed by atoms with Crippen molar-refractivity contribution in [2.45, 2.75) is 86.5 Å². The second-order valence-corrected chi connectivity index (χ2v) is 18.6. The van der Waals surface area contributed by atoms with Gasteiger partial charge in [0.15, 0.2) is 19.7 Å². The summed E-state index contributed by atoms with van der Waals surface area (Å²) in [5, 5.41) is 9.42. The molecule has 0 aromatic heterocycles. The van der Waals surface area contributed by atoms with Gasteiger partial charge in [0.25, 0.3) is 0 Å². The third-order valence-electron chi connectivity index (χ3n) is 9.41. The molecule has 0 bridgehead atoms. The van der Waals surface area contributed by atoms with Crippen molar-refractivity contribution < 1.29 is 54.9 Å². The highest BCUT2D eigenvalue weighted by Crippen LogP contribution is 2.47. The van der Waals surface area contributed by atoms with E-state index in [1.54, 1.807) is 52.0 Å². The number of ether oxygens (including phenoxy) is 4. The zero-order valence-electron chi connectivity index (χ0n) is 29.0. The van der Waals surface area contributed by atoms with Gasteiger partial charge in [-0.05, 0) is 95.2 Å². The normalized spacial score (nSPS) is 21.4. The lowest BCUT2D eigenvalue weighted by Crippen LogP contribution is -2.37. The highest BCUT2D eigenvalue weighted by atomic mass is 32.2. The molecule has 50 heavy (non-hydrogen) atoms. The first-order valence-corrected chi connectivity index (χ1v) is 20.0. The third-order valence-corrected chi connectivity index (χ3v) is 11.7. The number of hydrogen-bond donors (Lipinski definition) is 1. The molecule has 0 atom stereocenters. The molecule has 2 fully saturated rings. The van der Waals surface area contributed by atoms with Gasteiger partial charge in [0.2, 0.25) is 11.5 Å². The van der Waals surface area contributed by atoms with E-state index >= 15 is 0 Å². The molecule has 14 heteroatoms. The number of halogens is 1.